The highest BCUT2D eigenvalue weighted by atomic mass is 16.5. The second-order valence-electron chi connectivity index (χ2n) is 9.34. The molecule has 0 radical (unpaired) electrons. The van der Waals surface area contributed by atoms with E-state index in [1.165, 1.54) is 0 Å². The Morgan fingerprint density at radius 3 is 2.43 bits per heavy atom. The molecule has 2 heterocycles. The zero-order valence-corrected chi connectivity index (χ0v) is 22.0. The van der Waals surface area contributed by atoms with Crippen molar-refractivity contribution < 1.29 is 23.8 Å². The predicted octanol–water partition coefficient (Wildman–Crippen LogP) is 3.48. The number of hydrogen-bond donors (Lipinski definition) is 2. The molecule has 0 spiro atoms. The third-order valence-corrected chi connectivity index (χ3v) is 6.41. The van der Waals surface area contributed by atoms with Crippen LogP contribution in [0.5, 0.6) is 11.5 Å². The monoisotopic (exact) mass is 508 g/mol. The average Bonchev–Trinajstić information content (AvgIpc) is 2.89. The van der Waals surface area contributed by atoms with E-state index in [2.05, 4.69) is 26.5 Å². The van der Waals surface area contributed by atoms with Crippen molar-refractivity contribution in [1.82, 2.24) is 15.5 Å². The Bertz CT molecular complexity index is 1120. The number of hydrogen-bond acceptors (Lipinski definition) is 7. The molecule has 2 amide bonds. The second kappa shape index (κ2) is 12.0. The molecular formula is C28H36N4O5. The largest absolute Gasteiger partial charge is 0.497 e. The minimum absolute atomic E-state index is 0.0513. The molecule has 2 aliphatic heterocycles. The van der Waals surface area contributed by atoms with E-state index in [0.717, 1.165) is 48.9 Å². The smallest absolute Gasteiger partial charge is 0.338 e. The van der Waals surface area contributed by atoms with Crippen LogP contribution in [0.3, 0.4) is 0 Å². The Morgan fingerprint density at radius 2 is 1.78 bits per heavy atom. The van der Waals surface area contributed by atoms with Gasteiger partial charge in [0.05, 0.1) is 31.4 Å². The van der Waals surface area contributed by atoms with E-state index < -0.39 is 12.0 Å². The number of nitrogens with one attached hydrogen (secondary N) is 2. The van der Waals surface area contributed by atoms with Gasteiger partial charge >= 0.3 is 12.0 Å². The molecule has 0 saturated carbocycles. The highest BCUT2D eigenvalue weighted by molar-refractivity contribution is 5.95. The molecule has 2 aromatic rings. The number of piperazine rings is 1. The lowest BCUT2D eigenvalue weighted by Gasteiger charge is -2.38. The van der Waals surface area contributed by atoms with Crippen molar-refractivity contribution in [3.05, 3.63) is 65.4 Å². The topological polar surface area (TPSA) is 92.4 Å². The number of urea groups is 1. The number of methoxy groups -OCH3 is 1. The molecule has 0 aromatic heterocycles. The second-order valence-corrected chi connectivity index (χ2v) is 9.34. The van der Waals surface area contributed by atoms with Gasteiger partial charge in [-0.3, -0.25) is 4.90 Å². The summed E-state index contributed by atoms with van der Waals surface area (Å²) >= 11 is 0. The van der Waals surface area contributed by atoms with Crippen LogP contribution < -0.4 is 25.0 Å². The van der Waals surface area contributed by atoms with Gasteiger partial charge in [-0.25, -0.2) is 9.59 Å². The quantitative estimate of drug-likeness (QED) is 0.501. The van der Waals surface area contributed by atoms with Crippen LogP contribution in [0, 0.1) is 0 Å². The molecule has 198 valence electrons. The zero-order valence-electron chi connectivity index (χ0n) is 22.0. The number of nitrogens with zero attached hydrogens (tertiary/aromatic N) is 2. The number of benzene rings is 2. The van der Waals surface area contributed by atoms with E-state index in [9.17, 15) is 9.59 Å². The van der Waals surface area contributed by atoms with Crippen molar-refractivity contribution in [3.8, 4) is 11.5 Å². The van der Waals surface area contributed by atoms with E-state index in [-0.39, 0.29) is 18.7 Å². The predicted molar refractivity (Wildman–Crippen MR) is 142 cm³/mol. The molecule has 1 atom stereocenters. The van der Waals surface area contributed by atoms with Gasteiger partial charge < -0.3 is 29.7 Å². The number of carbonyl (C=O) groups is 2. The molecule has 0 aliphatic carbocycles. The van der Waals surface area contributed by atoms with Crippen molar-refractivity contribution in [2.75, 3.05) is 51.3 Å². The fraction of sp³-hybridized carbons (Fsp3) is 0.429. The summed E-state index contributed by atoms with van der Waals surface area (Å²) in [6, 6.07) is 14.5. The Balaban J connectivity index is 1.53. The SMILES string of the molecule is CCOC(=O)C1=C(CN2CCN(c3cccc(OC)c3)CC2)NC(=O)NC1c1ccc(OC(C)C)cc1. The molecule has 2 aliphatic rings. The maximum Gasteiger partial charge on any atom is 0.338 e. The fourth-order valence-corrected chi connectivity index (χ4v) is 4.65. The van der Waals surface area contributed by atoms with E-state index in [1.807, 2.05) is 56.3 Å². The van der Waals surface area contributed by atoms with E-state index >= 15 is 0 Å². The van der Waals surface area contributed by atoms with Crippen LogP contribution in [0.2, 0.25) is 0 Å². The van der Waals surface area contributed by atoms with Crippen LogP contribution in [0.4, 0.5) is 10.5 Å². The molecule has 9 heteroatoms. The summed E-state index contributed by atoms with van der Waals surface area (Å²) in [6.45, 7) is 9.60. The lowest BCUT2D eigenvalue weighted by atomic mass is 9.94. The minimum atomic E-state index is -0.617. The van der Waals surface area contributed by atoms with Gasteiger partial charge in [-0.15, -0.1) is 0 Å². The summed E-state index contributed by atoms with van der Waals surface area (Å²) < 4.78 is 16.5. The fourth-order valence-electron chi connectivity index (χ4n) is 4.65. The van der Waals surface area contributed by atoms with Gasteiger partial charge in [0.1, 0.15) is 11.5 Å². The van der Waals surface area contributed by atoms with Gasteiger partial charge in [0, 0.05) is 50.2 Å². The van der Waals surface area contributed by atoms with Crippen LogP contribution in [-0.2, 0) is 9.53 Å². The summed E-state index contributed by atoms with van der Waals surface area (Å²) in [7, 11) is 1.67. The molecule has 9 nitrogen and oxygen atoms in total. The summed E-state index contributed by atoms with van der Waals surface area (Å²) in [4.78, 5) is 30.3. The molecule has 0 bridgehead atoms. The first-order valence-electron chi connectivity index (χ1n) is 12.7. The maximum absolute atomic E-state index is 13.1. The molecule has 37 heavy (non-hydrogen) atoms. The van der Waals surface area contributed by atoms with Crippen LogP contribution in [0.1, 0.15) is 32.4 Å². The average molecular weight is 509 g/mol. The minimum Gasteiger partial charge on any atom is -0.497 e. The Morgan fingerprint density at radius 1 is 1.05 bits per heavy atom. The summed E-state index contributed by atoms with van der Waals surface area (Å²) in [5, 5.41) is 5.78. The van der Waals surface area contributed by atoms with Gasteiger partial charge in [-0.1, -0.05) is 18.2 Å². The number of carbonyl (C=O) groups excluding carboxylic acids is 2. The Hall–Kier alpha value is -3.72. The van der Waals surface area contributed by atoms with Gasteiger partial charge in [0.2, 0.25) is 0 Å². The van der Waals surface area contributed by atoms with E-state index in [4.69, 9.17) is 14.2 Å². The number of amides is 2. The van der Waals surface area contributed by atoms with Crippen molar-refractivity contribution in [2.45, 2.75) is 32.9 Å². The molecule has 2 aromatic carbocycles. The van der Waals surface area contributed by atoms with Crippen molar-refractivity contribution in [2.24, 2.45) is 0 Å². The standard InChI is InChI=1S/C28H36N4O5/c1-5-36-27(33)25-24(18-31-13-15-32(16-14-31)21-7-6-8-23(17-21)35-4)29-28(34)30-26(25)20-9-11-22(12-10-20)37-19(2)3/h6-12,17,19,26H,5,13-16,18H2,1-4H3,(H2,29,30,34). The molecule has 2 N–H and O–H groups in total. The Kier molecular flexibility index (Phi) is 8.55. The molecule has 1 fully saturated rings. The van der Waals surface area contributed by atoms with Gasteiger partial charge in [0.15, 0.2) is 0 Å². The first-order valence-corrected chi connectivity index (χ1v) is 12.7. The highest BCUT2D eigenvalue weighted by Crippen LogP contribution is 2.30. The van der Waals surface area contributed by atoms with Crippen LogP contribution in [-0.4, -0.2) is 69.4 Å². The molecule has 1 saturated heterocycles. The van der Waals surface area contributed by atoms with E-state index in [1.54, 1.807) is 14.0 Å². The number of anilines is 1. The summed E-state index contributed by atoms with van der Waals surface area (Å²) in [5.41, 5.74) is 2.90. The van der Waals surface area contributed by atoms with Crippen molar-refractivity contribution >= 4 is 17.7 Å². The van der Waals surface area contributed by atoms with E-state index in [0.29, 0.717) is 17.8 Å². The lowest BCUT2D eigenvalue weighted by Crippen LogP contribution is -2.51. The zero-order chi connectivity index (χ0) is 26.4. The summed E-state index contributed by atoms with van der Waals surface area (Å²) in [6.07, 6.45) is 0.0513. The Labute approximate surface area is 218 Å². The van der Waals surface area contributed by atoms with Crippen molar-refractivity contribution in [1.29, 1.82) is 0 Å². The van der Waals surface area contributed by atoms with Crippen LogP contribution in [0.15, 0.2) is 59.8 Å². The van der Waals surface area contributed by atoms with Gasteiger partial charge in [0.25, 0.3) is 0 Å². The van der Waals surface area contributed by atoms with Crippen molar-refractivity contribution in [3.63, 3.8) is 0 Å². The number of rotatable bonds is 9. The number of esters is 1. The normalized spacial score (nSPS) is 18.4. The molecule has 4 rings (SSSR count). The lowest BCUT2D eigenvalue weighted by molar-refractivity contribution is -0.139. The molecular weight excluding hydrogens is 472 g/mol. The van der Waals surface area contributed by atoms with Gasteiger partial charge in [-0.05, 0) is 50.6 Å². The first-order chi connectivity index (χ1) is 17.9. The third kappa shape index (κ3) is 6.54. The summed E-state index contributed by atoms with van der Waals surface area (Å²) in [5.74, 6) is 1.12. The van der Waals surface area contributed by atoms with Crippen LogP contribution in [0.25, 0.3) is 0 Å². The number of ether oxygens (including phenoxy) is 3. The van der Waals surface area contributed by atoms with Crippen LogP contribution >= 0.6 is 0 Å². The molecule has 1 unspecified atom stereocenters. The highest BCUT2D eigenvalue weighted by Gasteiger charge is 2.34. The first kappa shape index (κ1) is 26.3. The maximum atomic E-state index is 13.1. The third-order valence-electron chi connectivity index (χ3n) is 6.41. The van der Waals surface area contributed by atoms with Gasteiger partial charge in [-0.2, -0.15) is 0 Å².